The predicted molar refractivity (Wildman–Crippen MR) is 120 cm³/mol. The predicted octanol–water partition coefficient (Wildman–Crippen LogP) is 5.09. The SMILES string of the molecule is CCOc1cc2c(c3c1OC(C)(C)C3)C(c1cccc(C(=O)O)c1)=NC(C)(C)C2.Cl. The van der Waals surface area contributed by atoms with Gasteiger partial charge in [0, 0.05) is 23.1 Å². The maximum Gasteiger partial charge on any atom is 0.335 e. The number of halogens is 1. The van der Waals surface area contributed by atoms with Crippen molar-refractivity contribution in [2.75, 3.05) is 6.61 Å². The Morgan fingerprint density at radius 1 is 1.20 bits per heavy atom. The number of ether oxygens (including phenoxy) is 2. The lowest BCUT2D eigenvalue weighted by Crippen LogP contribution is -2.30. The summed E-state index contributed by atoms with van der Waals surface area (Å²) >= 11 is 0. The van der Waals surface area contributed by atoms with Crippen LogP contribution in [0, 0.1) is 0 Å². The monoisotopic (exact) mass is 429 g/mol. The van der Waals surface area contributed by atoms with Crippen molar-refractivity contribution in [3.05, 3.63) is 58.1 Å². The van der Waals surface area contributed by atoms with Gasteiger partial charge in [0.1, 0.15) is 5.60 Å². The lowest BCUT2D eigenvalue weighted by atomic mass is 9.81. The first kappa shape index (κ1) is 22.2. The number of carboxylic acid groups (broad SMARTS) is 1. The number of rotatable bonds is 4. The van der Waals surface area contributed by atoms with Gasteiger partial charge in [-0.25, -0.2) is 4.79 Å². The minimum absolute atomic E-state index is 0. The zero-order chi connectivity index (χ0) is 21.0. The molecule has 0 aromatic heterocycles. The van der Waals surface area contributed by atoms with E-state index in [9.17, 15) is 9.90 Å². The summed E-state index contributed by atoms with van der Waals surface area (Å²) in [5.74, 6) is 0.629. The van der Waals surface area contributed by atoms with E-state index in [0.717, 1.165) is 46.7 Å². The van der Waals surface area contributed by atoms with Crippen molar-refractivity contribution in [3.8, 4) is 11.5 Å². The van der Waals surface area contributed by atoms with Crippen molar-refractivity contribution in [2.24, 2.45) is 4.99 Å². The number of benzene rings is 2. The van der Waals surface area contributed by atoms with Gasteiger partial charge in [-0.15, -0.1) is 12.4 Å². The van der Waals surface area contributed by atoms with E-state index in [1.54, 1.807) is 18.2 Å². The van der Waals surface area contributed by atoms with Crippen molar-refractivity contribution in [2.45, 2.75) is 58.6 Å². The number of fused-ring (bicyclic) bond motifs is 3. The molecule has 0 spiro atoms. The molecule has 2 heterocycles. The summed E-state index contributed by atoms with van der Waals surface area (Å²) in [6.45, 7) is 10.9. The molecular formula is C24H28ClNO4. The van der Waals surface area contributed by atoms with Gasteiger partial charge >= 0.3 is 5.97 Å². The second kappa shape index (κ2) is 7.62. The molecule has 0 fully saturated rings. The summed E-state index contributed by atoms with van der Waals surface area (Å²) in [4.78, 5) is 16.6. The third kappa shape index (κ3) is 3.91. The van der Waals surface area contributed by atoms with E-state index < -0.39 is 5.97 Å². The highest BCUT2D eigenvalue weighted by atomic mass is 35.5. The number of hydrogen-bond acceptors (Lipinski definition) is 4. The van der Waals surface area contributed by atoms with Crippen molar-refractivity contribution < 1.29 is 19.4 Å². The van der Waals surface area contributed by atoms with Crippen LogP contribution >= 0.6 is 12.4 Å². The van der Waals surface area contributed by atoms with Crippen LogP contribution in [0.3, 0.4) is 0 Å². The van der Waals surface area contributed by atoms with Crippen molar-refractivity contribution in [1.29, 1.82) is 0 Å². The molecule has 0 bridgehead atoms. The number of aromatic carboxylic acids is 1. The smallest absolute Gasteiger partial charge is 0.335 e. The average Bonchev–Trinajstić information content (AvgIpc) is 2.96. The molecule has 4 rings (SSSR count). The molecule has 0 aliphatic carbocycles. The van der Waals surface area contributed by atoms with Gasteiger partial charge in [-0.2, -0.15) is 0 Å². The van der Waals surface area contributed by atoms with Crippen molar-refractivity contribution in [1.82, 2.24) is 0 Å². The lowest BCUT2D eigenvalue weighted by molar-refractivity contribution is 0.0697. The number of carboxylic acids is 1. The van der Waals surface area contributed by atoms with Crippen LogP contribution in [-0.2, 0) is 12.8 Å². The fourth-order valence-electron chi connectivity index (χ4n) is 4.34. The quantitative estimate of drug-likeness (QED) is 0.734. The molecule has 160 valence electrons. The number of carbonyl (C=O) groups is 1. The first-order valence-electron chi connectivity index (χ1n) is 10.0. The van der Waals surface area contributed by atoms with Gasteiger partial charge in [0.15, 0.2) is 11.5 Å². The molecule has 2 aromatic rings. The minimum atomic E-state index is -0.941. The van der Waals surface area contributed by atoms with Gasteiger partial charge < -0.3 is 14.6 Å². The summed E-state index contributed by atoms with van der Waals surface area (Å²) in [6.07, 6.45) is 1.54. The molecule has 0 saturated heterocycles. The molecule has 0 radical (unpaired) electrons. The fraction of sp³-hybridized carbons (Fsp3) is 0.417. The number of aliphatic imine (C=N–C) groups is 1. The first-order valence-corrected chi connectivity index (χ1v) is 10.0. The van der Waals surface area contributed by atoms with Crippen molar-refractivity contribution in [3.63, 3.8) is 0 Å². The standard InChI is InChI=1S/C24H27NO4.ClH/c1-6-28-18-11-16-12-23(2,3)25-20(14-8-7-9-15(10-14)22(26)27)19(16)17-13-24(4,5)29-21(17)18;/h7-11H,6,12-13H2,1-5H3,(H,26,27);1H. The van der Waals surface area contributed by atoms with Gasteiger partial charge in [-0.3, -0.25) is 4.99 Å². The summed E-state index contributed by atoms with van der Waals surface area (Å²) in [5, 5.41) is 9.45. The van der Waals surface area contributed by atoms with E-state index in [0.29, 0.717) is 6.61 Å². The molecule has 2 aromatic carbocycles. The van der Waals surface area contributed by atoms with Gasteiger partial charge in [-0.1, -0.05) is 12.1 Å². The van der Waals surface area contributed by atoms with Crippen LogP contribution in [0.1, 0.15) is 67.2 Å². The number of hydrogen-bond donors (Lipinski definition) is 1. The van der Waals surface area contributed by atoms with E-state index in [-0.39, 0.29) is 29.1 Å². The normalized spacial score (nSPS) is 17.7. The second-order valence-electron chi connectivity index (χ2n) is 9.02. The Hall–Kier alpha value is -2.53. The topological polar surface area (TPSA) is 68.1 Å². The molecule has 0 atom stereocenters. The van der Waals surface area contributed by atoms with E-state index in [2.05, 4.69) is 33.8 Å². The Kier molecular flexibility index (Phi) is 5.63. The number of nitrogens with zero attached hydrogens (tertiary/aromatic N) is 1. The Morgan fingerprint density at radius 2 is 1.93 bits per heavy atom. The Morgan fingerprint density at radius 3 is 2.60 bits per heavy atom. The van der Waals surface area contributed by atoms with Gasteiger partial charge in [-0.05, 0) is 64.8 Å². The van der Waals surface area contributed by atoms with E-state index >= 15 is 0 Å². The first-order chi connectivity index (χ1) is 13.6. The van der Waals surface area contributed by atoms with E-state index in [1.807, 2.05) is 13.0 Å². The zero-order valence-electron chi connectivity index (χ0n) is 18.0. The third-order valence-corrected chi connectivity index (χ3v) is 5.36. The van der Waals surface area contributed by atoms with Crippen LogP contribution < -0.4 is 9.47 Å². The van der Waals surface area contributed by atoms with E-state index in [1.165, 1.54) is 5.56 Å². The molecule has 30 heavy (non-hydrogen) atoms. The summed E-state index contributed by atoms with van der Waals surface area (Å²) in [5.41, 5.74) is 4.62. The summed E-state index contributed by atoms with van der Waals surface area (Å²) < 4.78 is 12.2. The average molecular weight is 430 g/mol. The highest BCUT2D eigenvalue weighted by Gasteiger charge is 2.39. The molecule has 1 N–H and O–H groups in total. The fourth-order valence-corrected chi connectivity index (χ4v) is 4.34. The molecule has 0 amide bonds. The van der Waals surface area contributed by atoms with Crippen molar-refractivity contribution >= 4 is 24.1 Å². The van der Waals surface area contributed by atoms with Gasteiger partial charge in [0.2, 0.25) is 0 Å². The highest BCUT2D eigenvalue weighted by Crippen LogP contribution is 2.48. The molecule has 0 saturated carbocycles. The van der Waals surface area contributed by atoms with Crippen LogP contribution in [0.5, 0.6) is 11.5 Å². The highest BCUT2D eigenvalue weighted by molar-refractivity contribution is 6.16. The Balaban J connectivity index is 0.00000256. The lowest BCUT2D eigenvalue weighted by Gasteiger charge is -2.31. The second-order valence-corrected chi connectivity index (χ2v) is 9.02. The third-order valence-electron chi connectivity index (χ3n) is 5.36. The largest absolute Gasteiger partial charge is 0.490 e. The maximum atomic E-state index is 11.5. The molecular weight excluding hydrogens is 402 g/mol. The Labute approximate surface area is 183 Å². The summed E-state index contributed by atoms with van der Waals surface area (Å²) in [6, 6.07) is 9.10. The molecule has 5 nitrogen and oxygen atoms in total. The zero-order valence-corrected chi connectivity index (χ0v) is 18.9. The van der Waals surface area contributed by atoms with Crippen LogP contribution in [0.15, 0.2) is 35.3 Å². The molecule has 2 aliphatic rings. The van der Waals surface area contributed by atoms with Gasteiger partial charge in [0.25, 0.3) is 0 Å². The van der Waals surface area contributed by atoms with E-state index in [4.69, 9.17) is 14.5 Å². The van der Waals surface area contributed by atoms with Crippen LogP contribution in [0.25, 0.3) is 0 Å². The molecule has 2 aliphatic heterocycles. The summed E-state index contributed by atoms with van der Waals surface area (Å²) in [7, 11) is 0. The van der Waals surface area contributed by atoms with Crippen LogP contribution in [0.2, 0.25) is 0 Å². The maximum absolute atomic E-state index is 11.5. The van der Waals surface area contributed by atoms with Crippen LogP contribution in [-0.4, -0.2) is 34.5 Å². The molecule has 6 heteroatoms. The molecule has 0 unspecified atom stereocenters. The van der Waals surface area contributed by atoms with Crippen LogP contribution in [0.4, 0.5) is 0 Å². The van der Waals surface area contributed by atoms with Gasteiger partial charge in [0.05, 0.1) is 23.4 Å². The Bertz CT molecular complexity index is 1040. The minimum Gasteiger partial charge on any atom is -0.490 e.